The number of rotatable bonds is 5. The van der Waals surface area contributed by atoms with Crippen LogP contribution in [0, 0.1) is 10.1 Å². The monoisotopic (exact) mass is 287 g/mol. The van der Waals surface area contributed by atoms with Crippen molar-refractivity contribution < 1.29 is 19.2 Å². The summed E-state index contributed by atoms with van der Waals surface area (Å²) in [5, 5.41) is 10.7. The molecule has 6 heteroatoms. The van der Waals surface area contributed by atoms with Gasteiger partial charge in [-0.05, 0) is 12.1 Å². The predicted octanol–water partition coefficient (Wildman–Crippen LogP) is 2.96. The fourth-order valence-electron chi connectivity index (χ4n) is 1.80. The molecule has 0 aliphatic carbocycles. The quantitative estimate of drug-likeness (QED) is 0.480. The van der Waals surface area contributed by atoms with Crippen molar-refractivity contribution in [3.63, 3.8) is 0 Å². The van der Waals surface area contributed by atoms with Gasteiger partial charge in [-0.3, -0.25) is 10.1 Å². The van der Waals surface area contributed by atoms with Gasteiger partial charge in [-0.1, -0.05) is 24.3 Å². The van der Waals surface area contributed by atoms with E-state index in [-0.39, 0.29) is 17.9 Å². The number of nitro benzene ring substituents is 1. The number of ether oxygens (including phenoxy) is 2. The minimum absolute atomic E-state index is 0.0333. The van der Waals surface area contributed by atoms with Crippen LogP contribution in [0.15, 0.2) is 48.5 Å². The van der Waals surface area contributed by atoms with Gasteiger partial charge in [-0.15, -0.1) is 0 Å². The van der Waals surface area contributed by atoms with Gasteiger partial charge in [0.15, 0.2) is 0 Å². The summed E-state index contributed by atoms with van der Waals surface area (Å²) in [6.07, 6.45) is 0. The highest BCUT2D eigenvalue weighted by molar-refractivity contribution is 5.90. The average Bonchev–Trinajstić information content (AvgIpc) is 2.52. The van der Waals surface area contributed by atoms with E-state index in [4.69, 9.17) is 9.47 Å². The van der Waals surface area contributed by atoms with Crippen LogP contribution in [0.25, 0.3) is 0 Å². The van der Waals surface area contributed by atoms with Crippen LogP contribution in [0.2, 0.25) is 0 Å². The van der Waals surface area contributed by atoms with E-state index >= 15 is 0 Å². The highest BCUT2D eigenvalue weighted by atomic mass is 16.6. The summed E-state index contributed by atoms with van der Waals surface area (Å²) in [5.74, 6) is -0.00560. The van der Waals surface area contributed by atoms with E-state index in [1.165, 1.54) is 31.4 Å². The molecule has 0 bridgehead atoms. The number of para-hydroxylation sites is 1. The molecule has 0 saturated carbocycles. The SMILES string of the molecule is COc1ccccc1COC(=O)c1cccc([N+](=O)[O-])c1. The first-order chi connectivity index (χ1) is 10.1. The largest absolute Gasteiger partial charge is 0.496 e. The lowest BCUT2D eigenvalue weighted by molar-refractivity contribution is -0.384. The zero-order valence-corrected chi connectivity index (χ0v) is 11.3. The fourth-order valence-corrected chi connectivity index (χ4v) is 1.80. The molecule has 108 valence electrons. The normalized spacial score (nSPS) is 9.95. The van der Waals surface area contributed by atoms with Gasteiger partial charge in [0.1, 0.15) is 12.4 Å². The number of carbonyl (C=O) groups is 1. The second-order valence-corrected chi connectivity index (χ2v) is 4.20. The Morgan fingerprint density at radius 1 is 1.19 bits per heavy atom. The molecular weight excluding hydrogens is 274 g/mol. The number of esters is 1. The lowest BCUT2D eigenvalue weighted by atomic mass is 10.2. The summed E-state index contributed by atoms with van der Waals surface area (Å²) >= 11 is 0. The third-order valence-corrected chi connectivity index (χ3v) is 2.84. The van der Waals surface area contributed by atoms with Crippen LogP contribution in [0.4, 0.5) is 5.69 Å². The van der Waals surface area contributed by atoms with Crippen molar-refractivity contribution in [3.05, 3.63) is 69.8 Å². The van der Waals surface area contributed by atoms with Crippen LogP contribution < -0.4 is 4.74 Å². The van der Waals surface area contributed by atoms with E-state index in [1.54, 1.807) is 18.2 Å². The van der Waals surface area contributed by atoms with Gasteiger partial charge in [0.25, 0.3) is 5.69 Å². The molecular formula is C15H13NO5. The number of hydrogen-bond donors (Lipinski definition) is 0. The molecule has 21 heavy (non-hydrogen) atoms. The van der Waals surface area contributed by atoms with Crippen molar-refractivity contribution in [1.82, 2.24) is 0 Å². The van der Waals surface area contributed by atoms with E-state index in [9.17, 15) is 14.9 Å². The molecule has 2 aromatic carbocycles. The Hall–Kier alpha value is -2.89. The number of non-ortho nitro benzene ring substituents is 1. The van der Waals surface area contributed by atoms with Crippen LogP contribution >= 0.6 is 0 Å². The number of benzene rings is 2. The Morgan fingerprint density at radius 2 is 1.95 bits per heavy atom. The van der Waals surface area contributed by atoms with Gasteiger partial charge in [-0.2, -0.15) is 0 Å². The summed E-state index contributed by atoms with van der Waals surface area (Å²) in [7, 11) is 1.53. The van der Waals surface area contributed by atoms with Crippen LogP contribution in [0.1, 0.15) is 15.9 Å². The third kappa shape index (κ3) is 3.56. The van der Waals surface area contributed by atoms with Crippen LogP contribution in [0.5, 0.6) is 5.75 Å². The molecule has 0 aliphatic heterocycles. The second-order valence-electron chi connectivity index (χ2n) is 4.20. The van der Waals surface area contributed by atoms with Gasteiger partial charge in [0, 0.05) is 17.7 Å². The molecule has 0 aromatic heterocycles. The lowest BCUT2D eigenvalue weighted by Crippen LogP contribution is -2.06. The van der Waals surface area contributed by atoms with Crippen molar-refractivity contribution >= 4 is 11.7 Å². The Morgan fingerprint density at radius 3 is 2.67 bits per heavy atom. The molecule has 2 rings (SSSR count). The first-order valence-corrected chi connectivity index (χ1v) is 6.15. The zero-order valence-electron chi connectivity index (χ0n) is 11.3. The van der Waals surface area contributed by atoms with Crippen LogP contribution in [0.3, 0.4) is 0 Å². The van der Waals surface area contributed by atoms with Crippen molar-refractivity contribution in [2.24, 2.45) is 0 Å². The number of nitrogens with zero attached hydrogens (tertiary/aromatic N) is 1. The van der Waals surface area contributed by atoms with Crippen LogP contribution in [-0.4, -0.2) is 18.0 Å². The second kappa shape index (κ2) is 6.51. The van der Waals surface area contributed by atoms with Crippen molar-refractivity contribution in [2.75, 3.05) is 7.11 Å². The van der Waals surface area contributed by atoms with Crippen LogP contribution in [-0.2, 0) is 11.3 Å². The van der Waals surface area contributed by atoms with Gasteiger partial charge in [0.2, 0.25) is 0 Å². The summed E-state index contributed by atoms with van der Waals surface area (Å²) in [4.78, 5) is 22.0. The molecule has 2 aromatic rings. The van der Waals surface area contributed by atoms with Crippen molar-refractivity contribution in [1.29, 1.82) is 0 Å². The summed E-state index contributed by atoms with van der Waals surface area (Å²) in [6.45, 7) is 0.0333. The van der Waals surface area contributed by atoms with E-state index in [1.807, 2.05) is 6.07 Å². The van der Waals surface area contributed by atoms with E-state index in [0.29, 0.717) is 5.75 Å². The Balaban J connectivity index is 2.08. The highest BCUT2D eigenvalue weighted by Gasteiger charge is 2.13. The molecule has 0 atom stereocenters. The summed E-state index contributed by atoms with van der Waals surface area (Å²) in [6, 6.07) is 12.6. The maximum Gasteiger partial charge on any atom is 0.338 e. The summed E-state index contributed by atoms with van der Waals surface area (Å²) < 4.78 is 10.3. The molecule has 0 unspecified atom stereocenters. The maximum absolute atomic E-state index is 11.9. The van der Waals surface area contributed by atoms with Gasteiger partial charge in [-0.25, -0.2) is 4.79 Å². The van der Waals surface area contributed by atoms with E-state index < -0.39 is 10.9 Å². The Bertz CT molecular complexity index is 669. The Kier molecular flexibility index (Phi) is 4.50. The summed E-state index contributed by atoms with van der Waals surface area (Å²) in [5.41, 5.74) is 0.708. The van der Waals surface area contributed by atoms with Crippen molar-refractivity contribution in [3.8, 4) is 5.75 Å². The molecule has 6 nitrogen and oxygen atoms in total. The minimum atomic E-state index is -0.621. The average molecular weight is 287 g/mol. The van der Waals surface area contributed by atoms with E-state index in [2.05, 4.69) is 0 Å². The first-order valence-electron chi connectivity index (χ1n) is 6.15. The van der Waals surface area contributed by atoms with Gasteiger partial charge >= 0.3 is 5.97 Å². The first kappa shape index (κ1) is 14.5. The molecule has 0 N–H and O–H groups in total. The molecule has 0 heterocycles. The lowest BCUT2D eigenvalue weighted by Gasteiger charge is -2.09. The predicted molar refractivity (Wildman–Crippen MR) is 75.2 cm³/mol. The number of nitro groups is 1. The molecule has 0 saturated heterocycles. The van der Waals surface area contributed by atoms with E-state index in [0.717, 1.165) is 5.56 Å². The standard InChI is InChI=1S/C15H13NO5/c1-20-14-8-3-2-5-12(14)10-21-15(17)11-6-4-7-13(9-11)16(18)19/h2-9H,10H2,1H3. The third-order valence-electron chi connectivity index (χ3n) is 2.84. The van der Waals surface area contributed by atoms with Gasteiger partial charge < -0.3 is 9.47 Å². The van der Waals surface area contributed by atoms with Crippen molar-refractivity contribution in [2.45, 2.75) is 6.61 Å². The molecule has 0 fully saturated rings. The minimum Gasteiger partial charge on any atom is -0.496 e. The molecule has 0 aliphatic rings. The maximum atomic E-state index is 11.9. The number of carbonyl (C=O) groups excluding carboxylic acids is 1. The zero-order chi connectivity index (χ0) is 15.2. The Labute approximate surface area is 121 Å². The fraction of sp³-hybridized carbons (Fsp3) is 0.133. The smallest absolute Gasteiger partial charge is 0.338 e. The number of hydrogen-bond acceptors (Lipinski definition) is 5. The molecule has 0 spiro atoms. The molecule has 0 radical (unpaired) electrons. The number of methoxy groups -OCH3 is 1. The molecule has 0 amide bonds. The topological polar surface area (TPSA) is 78.7 Å². The highest BCUT2D eigenvalue weighted by Crippen LogP contribution is 2.19. The van der Waals surface area contributed by atoms with Gasteiger partial charge in [0.05, 0.1) is 17.6 Å².